The van der Waals surface area contributed by atoms with Crippen LogP contribution in [0.1, 0.15) is 17.3 Å². The summed E-state index contributed by atoms with van der Waals surface area (Å²) < 4.78 is 5.07. The van der Waals surface area contributed by atoms with E-state index in [9.17, 15) is 19.7 Å². The molecule has 25 heavy (non-hydrogen) atoms. The van der Waals surface area contributed by atoms with Gasteiger partial charge in [-0.1, -0.05) is 11.6 Å². The SMILES string of the molecule is COc1ccc([N+](=O)[O-])cc1C(=O)Nc1ccc(NC(C)=O)c(Cl)c1. The van der Waals surface area contributed by atoms with Gasteiger partial charge in [-0.2, -0.15) is 0 Å². The molecule has 130 valence electrons. The van der Waals surface area contributed by atoms with E-state index in [4.69, 9.17) is 16.3 Å². The molecule has 8 nitrogen and oxygen atoms in total. The predicted octanol–water partition coefficient (Wildman–Crippen LogP) is 3.47. The lowest BCUT2D eigenvalue weighted by atomic mass is 10.1. The van der Waals surface area contributed by atoms with Crippen molar-refractivity contribution in [2.75, 3.05) is 17.7 Å². The van der Waals surface area contributed by atoms with Gasteiger partial charge in [-0.05, 0) is 24.3 Å². The molecule has 0 bridgehead atoms. The predicted molar refractivity (Wildman–Crippen MR) is 93.4 cm³/mol. The Labute approximate surface area is 147 Å². The number of nitro benzene ring substituents is 1. The normalized spacial score (nSPS) is 10.0. The van der Waals surface area contributed by atoms with Gasteiger partial charge in [0, 0.05) is 24.7 Å². The lowest BCUT2D eigenvalue weighted by Gasteiger charge is -2.11. The van der Waals surface area contributed by atoms with E-state index in [0.29, 0.717) is 11.4 Å². The number of nitro groups is 1. The van der Waals surface area contributed by atoms with Crippen molar-refractivity contribution >= 4 is 40.5 Å². The fourth-order valence-electron chi connectivity index (χ4n) is 2.07. The summed E-state index contributed by atoms with van der Waals surface area (Å²) in [6.07, 6.45) is 0. The molecule has 0 aliphatic rings. The van der Waals surface area contributed by atoms with Crippen LogP contribution in [0.15, 0.2) is 36.4 Å². The highest BCUT2D eigenvalue weighted by Crippen LogP contribution is 2.28. The second kappa shape index (κ2) is 7.63. The lowest BCUT2D eigenvalue weighted by Crippen LogP contribution is -2.14. The van der Waals surface area contributed by atoms with Crippen LogP contribution in [0.2, 0.25) is 5.02 Å². The molecule has 0 fully saturated rings. The highest BCUT2D eigenvalue weighted by atomic mass is 35.5. The first-order valence-electron chi connectivity index (χ1n) is 7.02. The monoisotopic (exact) mass is 363 g/mol. The van der Waals surface area contributed by atoms with Crippen LogP contribution in [0.4, 0.5) is 17.1 Å². The first-order chi connectivity index (χ1) is 11.8. The van der Waals surface area contributed by atoms with E-state index in [-0.39, 0.29) is 27.9 Å². The van der Waals surface area contributed by atoms with Crippen molar-refractivity contribution in [3.8, 4) is 5.75 Å². The number of amides is 2. The van der Waals surface area contributed by atoms with Crippen LogP contribution in [0.3, 0.4) is 0 Å². The summed E-state index contributed by atoms with van der Waals surface area (Å²) >= 11 is 6.05. The van der Waals surface area contributed by atoms with Crippen LogP contribution in [0.25, 0.3) is 0 Å². The number of non-ortho nitro benzene ring substituents is 1. The molecule has 0 saturated heterocycles. The largest absolute Gasteiger partial charge is 0.496 e. The molecule has 0 aromatic heterocycles. The zero-order chi connectivity index (χ0) is 18.6. The number of methoxy groups -OCH3 is 1. The molecule has 2 N–H and O–H groups in total. The van der Waals surface area contributed by atoms with Crippen molar-refractivity contribution in [1.29, 1.82) is 0 Å². The standard InChI is InChI=1S/C16H14ClN3O5/c1-9(21)18-14-5-3-10(7-13(14)17)19-16(22)12-8-11(20(23)24)4-6-15(12)25-2/h3-8H,1-2H3,(H,18,21)(H,19,22). The summed E-state index contributed by atoms with van der Waals surface area (Å²) in [6.45, 7) is 1.35. The minimum absolute atomic E-state index is 0.0127. The van der Waals surface area contributed by atoms with Gasteiger partial charge in [-0.3, -0.25) is 19.7 Å². The van der Waals surface area contributed by atoms with Gasteiger partial charge in [0.1, 0.15) is 5.75 Å². The maximum absolute atomic E-state index is 12.4. The zero-order valence-corrected chi connectivity index (χ0v) is 14.1. The Balaban J connectivity index is 2.27. The van der Waals surface area contributed by atoms with Gasteiger partial charge in [0.2, 0.25) is 5.91 Å². The Kier molecular flexibility index (Phi) is 5.56. The molecule has 0 aliphatic heterocycles. The van der Waals surface area contributed by atoms with E-state index < -0.39 is 10.8 Å². The molecule has 0 radical (unpaired) electrons. The van der Waals surface area contributed by atoms with Crippen LogP contribution < -0.4 is 15.4 Å². The van der Waals surface area contributed by atoms with Crippen LogP contribution in [0, 0.1) is 10.1 Å². The topological polar surface area (TPSA) is 111 Å². The molecule has 2 aromatic carbocycles. The Hall–Kier alpha value is -3.13. The van der Waals surface area contributed by atoms with Gasteiger partial charge in [0.15, 0.2) is 0 Å². The first kappa shape index (κ1) is 18.2. The highest BCUT2D eigenvalue weighted by Gasteiger charge is 2.18. The second-order valence-electron chi connectivity index (χ2n) is 4.97. The van der Waals surface area contributed by atoms with Gasteiger partial charge in [-0.15, -0.1) is 0 Å². The number of carbonyl (C=O) groups is 2. The first-order valence-corrected chi connectivity index (χ1v) is 7.40. The Morgan fingerprint density at radius 2 is 1.88 bits per heavy atom. The third-order valence-corrected chi connectivity index (χ3v) is 3.49. The van der Waals surface area contributed by atoms with Crippen LogP contribution >= 0.6 is 11.6 Å². The van der Waals surface area contributed by atoms with Crippen LogP contribution in [-0.4, -0.2) is 23.8 Å². The summed E-state index contributed by atoms with van der Waals surface area (Å²) in [5.74, 6) is -0.673. The van der Waals surface area contributed by atoms with Crippen molar-refractivity contribution in [3.63, 3.8) is 0 Å². The summed E-state index contributed by atoms with van der Waals surface area (Å²) in [5, 5.41) is 16.2. The number of ether oxygens (including phenoxy) is 1. The average Bonchev–Trinajstić information content (AvgIpc) is 2.56. The average molecular weight is 364 g/mol. The van der Waals surface area contributed by atoms with Gasteiger partial charge >= 0.3 is 0 Å². The zero-order valence-electron chi connectivity index (χ0n) is 13.3. The molecule has 2 rings (SSSR count). The maximum atomic E-state index is 12.4. The van der Waals surface area contributed by atoms with Gasteiger partial charge in [0.25, 0.3) is 11.6 Å². The lowest BCUT2D eigenvalue weighted by molar-refractivity contribution is -0.384. The van der Waals surface area contributed by atoms with E-state index in [1.54, 1.807) is 6.07 Å². The Morgan fingerprint density at radius 3 is 2.44 bits per heavy atom. The molecule has 0 saturated carbocycles. The maximum Gasteiger partial charge on any atom is 0.270 e. The summed E-state index contributed by atoms with van der Waals surface area (Å²) in [4.78, 5) is 33.8. The molecular formula is C16H14ClN3O5. The number of rotatable bonds is 5. The number of anilines is 2. The number of halogens is 1. The fourth-order valence-corrected chi connectivity index (χ4v) is 2.30. The van der Waals surface area contributed by atoms with Crippen molar-refractivity contribution in [3.05, 3.63) is 57.1 Å². The minimum atomic E-state index is -0.602. The fraction of sp³-hybridized carbons (Fsp3) is 0.125. The van der Waals surface area contributed by atoms with E-state index >= 15 is 0 Å². The van der Waals surface area contributed by atoms with E-state index in [1.165, 1.54) is 38.3 Å². The number of hydrogen-bond acceptors (Lipinski definition) is 5. The molecule has 0 unspecified atom stereocenters. The molecule has 9 heteroatoms. The van der Waals surface area contributed by atoms with Crippen molar-refractivity contribution in [1.82, 2.24) is 0 Å². The molecule has 0 atom stereocenters. The Bertz CT molecular complexity index is 854. The minimum Gasteiger partial charge on any atom is -0.496 e. The summed E-state index contributed by atoms with van der Waals surface area (Å²) in [5.41, 5.74) is 0.543. The highest BCUT2D eigenvalue weighted by molar-refractivity contribution is 6.34. The molecule has 2 amide bonds. The molecule has 2 aromatic rings. The summed E-state index contributed by atoms with van der Waals surface area (Å²) in [6, 6.07) is 8.24. The second-order valence-corrected chi connectivity index (χ2v) is 5.38. The van der Waals surface area contributed by atoms with Crippen LogP contribution in [-0.2, 0) is 4.79 Å². The number of carbonyl (C=O) groups excluding carboxylic acids is 2. The number of nitrogens with one attached hydrogen (secondary N) is 2. The van der Waals surface area contributed by atoms with E-state index in [0.717, 1.165) is 6.07 Å². The van der Waals surface area contributed by atoms with Crippen LogP contribution in [0.5, 0.6) is 5.75 Å². The van der Waals surface area contributed by atoms with Gasteiger partial charge in [-0.25, -0.2) is 0 Å². The third kappa shape index (κ3) is 4.45. The van der Waals surface area contributed by atoms with Gasteiger partial charge in [0.05, 0.1) is 28.3 Å². The molecular weight excluding hydrogens is 350 g/mol. The smallest absolute Gasteiger partial charge is 0.270 e. The third-order valence-electron chi connectivity index (χ3n) is 3.18. The van der Waals surface area contributed by atoms with Crippen molar-refractivity contribution in [2.24, 2.45) is 0 Å². The van der Waals surface area contributed by atoms with Crippen molar-refractivity contribution < 1.29 is 19.2 Å². The molecule has 0 aliphatic carbocycles. The molecule has 0 heterocycles. The number of hydrogen-bond donors (Lipinski definition) is 2. The summed E-state index contributed by atoms with van der Waals surface area (Å²) in [7, 11) is 1.36. The van der Waals surface area contributed by atoms with E-state index in [1.807, 2.05) is 0 Å². The van der Waals surface area contributed by atoms with Crippen molar-refractivity contribution in [2.45, 2.75) is 6.92 Å². The van der Waals surface area contributed by atoms with E-state index in [2.05, 4.69) is 10.6 Å². The number of benzene rings is 2. The molecule has 0 spiro atoms. The quantitative estimate of drug-likeness (QED) is 0.624. The van der Waals surface area contributed by atoms with Gasteiger partial charge < -0.3 is 15.4 Å². The Morgan fingerprint density at radius 1 is 1.16 bits per heavy atom. The number of nitrogens with zero attached hydrogens (tertiary/aromatic N) is 1.